The molecule has 0 bridgehead atoms. The van der Waals surface area contributed by atoms with Crippen LogP contribution in [0.15, 0.2) is 44.6 Å². The van der Waals surface area contributed by atoms with Crippen LogP contribution in [0.5, 0.6) is 0 Å². The highest BCUT2D eigenvalue weighted by atomic mass is 32.2. The van der Waals surface area contributed by atoms with E-state index in [0.717, 1.165) is 15.6 Å². The Morgan fingerprint density at radius 1 is 1.30 bits per heavy atom. The van der Waals surface area contributed by atoms with Gasteiger partial charge in [-0.3, -0.25) is 0 Å². The van der Waals surface area contributed by atoms with Crippen LogP contribution < -0.4 is 0 Å². The van der Waals surface area contributed by atoms with Crippen LogP contribution >= 0.6 is 23.1 Å². The van der Waals surface area contributed by atoms with Gasteiger partial charge < -0.3 is 4.42 Å². The summed E-state index contributed by atoms with van der Waals surface area (Å²) in [5.41, 5.74) is 1.84. The van der Waals surface area contributed by atoms with E-state index in [1.165, 1.54) is 12.1 Å². The number of oxazole rings is 1. The summed E-state index contributed by atoms with van der Waals surface area (Å²) in [5, 5.41) is 2.02. The van der Waals surface area contributed by atoms with E-state index in [0.29, 0.717) is 17.4 Å². The fourth-order valence-corrected chi connectivity index (χ4v) is 3.35. The number of hydrogen-bond acceptors (Lipinski definition) is 5. The molecule has 0 amide bonds. The first-order valence-electron chi connectivity index (χ1n) is 5.96. The number of rotatable bonds is 4. The standard InChI is InChI=1S/C14H11FN2OS2/c1-9-7-19-14(17-9)20-8-13-16-6-12(18-13)10-2-4-11(15)5-3-10/h2-7H,8H2,1H3. The van der Waals surface area contributed by atoms with Crippen molar-refractivity contribution in [3.63, 3.8) is 0 Å². The van der Waals surface area contributed by atoms with E-state index in [2.05, 4.69) is 9.97 Å². The van der Waals surface area contributed by atoms with E-state index in [4.69, 9.17) is 4.42 Å². The Hall–Kier alpha value is -1.66. The SMILES string of the molecule is Cc1csc(SCc2ncc(-c3ccc(F)cc3)o2)n1. The van der Waals surface area contributed by atoms with Gasteiger partial charge in [-0.05, 0) is 31.2 Å². The fourth-order valence-electron chi connectivity index (χ4n) is 1.65. The van der Waals surface area contributed by atoms with Crippen LogP contribution in [-0.2, 0) is 5.75 Å². The van der Waals surface area contributed by atoms with E-state index in [1.54, 1.807) is 41.4 Å². The Balaban J connectivity index is 1.69. The maximum Gasteiger partial charge on any atom is 0.205 e. The molecular weight excluding hydrogens is 295 g/mol. The van der Waals surface area contributed by atoms with Crippen LogP contribution in [0.3, 0.4) is 0 Å². The lowest BCUT2D eigenvalue weighted by atomic mass is 10.2. The van der Waals surface area contributed by atoms with E-state index < -0.39 is 0 Å². The second kappa shape index (κ2) is 5.76. The fraction of sp³-hybridized carbons (Fsp3) is 0.143. The molecule has 3 nitrogen and oxygen atoms in total. The molecule has 0 aliphatic rings. The van der Waals surface area contributed by atoms with Crippen LogP contribution in [0.2, 0.25) is 0 Å². The molecule has 0 aliphatic heterocycles. The summed E-state index contributed by atoms with van der Waals surface area (Å²) in [6.07, 6.45) is 1.66. The first-order valence-corrected chi connectivity index (χ1v) is 7.83. The average Bonchev–Trinajstić information content (AvgIpc) is 3.06. The van der Waals surface area contributed by atoms with Gasteiger partial charge in [-0.15, -0.1) is 11.3 Å². The monoisotopic (exact) mass is 306 g/mol. The van der Waals surface area contributed by atoms with Gasteiger partial charge in [-0.1, -0.05) is 11.8 Å². The third-order valence-electron chi connectivity index (χ3n) is 2.60. The zero-order valence-electron chi connectivity index (χ0n) is 10.7. The summed E-state index contributed by atoms with van der Waals surface area (Å²) in [4.78, 5) is 8.60. The van der Waals surface area contributed by atoms with Gasteiger partial charge in [0.2, 0.25) is 5.89 Å². The summed E-state index contributed by atoms with van der Waals surface area (Å²) < 4.78 is 19.5. The summed E-state index contributed by atoms with van der Waals surface area (Å²) in [5.74, 6) is 1.66. The molecule has 2 aromatic heterocycles. The molecule has 0 N–H and O–H groups in total. The Bertz CT molecular complexity index is 706. The van der Waals surface area contributed by atoms with Gasteiger partial charge in [0.25, 0.3) is 0 Å². The zero-order chi connectivity index (χ0) is 13.9. The molecule has 0 unspecified atom stereocenters. The van der Waals surface area contributed by atoms with Gasteiger partial charge in [-0.2, -0.15) is 0 Å². The van der Waals surface area contributed by atoms with Gasteiger partial charge in [0.15, 0.2) is 10.1 Å². The van der Waals surface area contributed by atoms with Crippen molar-refractivity contribution in [1.29, 1.82) is 0 Å². The number of thioether (sulfide) groups is 1. The van der Waals surface area contributed by atoms with Crippen molar-refractivity contribution in [3.05, 3.63) is 53.2 Å². The van der Waals surface area contributed by atoms with Crippen molar-refractivity contribution in [2.45, 2.75) is 17.0 Å². The maximum absolute atomic E-state index is 12.9. The maximum atomic E-state index is 12.9. The third kappa shape index (κ3) is 3.08. The minimum Gasteiger partial charge on any atom is -0.440 e. The lowest BCUT2D eigenvalue weighted by Crippen LogP contribution is -1.79. The summed E-state index contributed by atoms with van der Waals surface area (Å²) >= 11 is 3.21. The Morgan fingerprint density at radius 2 is 2.10 bits per heavy atom. The predicted molar refractivity (Wildman–Crippen MR) is 78.3 cm³/mol. The number of aromatic nitrogens is 2. The highest BCUT2D eigenvalue weighted by Gasteiger charge is 2.08. The molecule has 20 heavy (non-hydrogen) atoms. The second-order valence-corrected chi connectivity index (χ2v) is 6.25. The van der Waals surface area contributed by atoms with Crippen LogP contribution in [0, 0.1) is 12.7 Å². The smallest absolute Gasteiger partial charge is 0.205 e. The molecule has 2 heterocycles. The van der Waals surface area contributed by atoms with Crippen LogP contribution in [-0.4, -0.2) is 9.97 Å². The average molecular weight is 306 g/mol. The molecule has 0 radical (unpaired) electrons. The molecular formula is C14H11FN2OS2. The van der Waals surface area contributed by atoms with Gasteiger partial charge in [0, 0.05) is 16.6 Å². The number of nitrogens with zero attached hydrogens (tertiary/aromatic N) is 2. The van der Waals surface area contributed by atoms with Crippen molar-refractivity contribution >= 4 is 23.1 Å². The quantitative estimate of drug-likeness (QED) is 0.663. The molecule has 0 saturated carbocycles. The van der Waals surface area contributed by atoms with Crippen molar-refractivity contribution in [2.75, 3.05) is 0 Å². The van der Waals surface area contributed by atoms with Gasteiger partial charge in [-0.25, -0.2) is 14.4 Å². The van der Waals surface area contributed by atoms with Crippen LogP contribution in [0.25, 0.3) is 11.3 Å². The number of hydrogen-bond donors (Lipinski definition) is 0. The molecule has 0 saturated heterocycles. The topological polar surface area (TPSA) is 38.9 Å². The van der Waals surface area contributed by atoms with Gasteiger partial charge in [0.05, 0.1) is 11.9 Å². The molecule has 3 aromatic rings. The molecule has 102 valence electrons. The number of halogens is 1. The van der Waals surface area contributed by atoms with E-state index in [9.17, 15) is 4.39 Å². The van der Waals surface area contributed by atoms with Gasteiger partial charge in [0.1, 0.15) is 5.82 Å². The molecule has 0 atom stereocenters. The van der Waals surface area contributed by atoms with E-state index in [1.807, 2.05) is 12.3 Å². The van der Waals surface area contributed by atoms with E-state index >= 15 is 0 Å². The highest BCUT2D eigenvalue weighted by molar-refractivity contribution is 8.00. The van der Waals surface area contributed by atoms with Crippen molar-refractivity contribution in [3.8, 4) is 11.3 Å². The molecule has 3 rings (SSSR count). The Labute approximate surface area is 123 Å². The summed E-state index contributed by atoms with van der Waals surface area (Å²) in [6, 6.07) is 6.17. The first kappa shape index (κ1) is 13.3. The van der Waals surface area contributed by atoms with E-state index in [-0.39, 0.29) is 5.82 Å². The molecule has 6 heteroatoms. The minimum atomic E-state index is -0.261. The van der Waals surface area contributed by atoms with Crippen molar-refractivity contribution < 1.29 is 8.81 Å². The molecule has 1 aromatic carbocycles. The minimum absolute atomic E-state index is 0.261. The number of thiazole rings is 1. The highest BCUT2D eigenvalue weighted by Crippen LogP contribution is 2.27. The first-order chi connectivity index (χ1) is 9.70. The number of benzene rings is 1. The summed E-state index contributed by atoms with van der Waals surface area (Å²) in [7, 11) is 0. The van der Waals surface area contributed by atoms with Crippen molar-refractivity contribution in [2.24, 2.45) is 0 Å². The largest absolute Gasteiger partial charge is 0.440 e. The zero-order valence-corrected chi connectivity index (χ0v) is 12.3. The lowest BCUT2D eigenvalue weighted by Gasteiger charge is -1.96. The Kier molecular flexibility index (Phi) is 3.84. The molecule has 0 spiro atoms. The third-order valence-corrected chi connectivity index (χ3v) is 4.72. The normalized spacial score (nSPS) is 10.9. The Morgan fingerprint density at radius 3 is 2.80 bits per heavy atom. The molecule has 0 aliphatic carbocycles. The second-order valence-electron chi connectivity index (χ2n) is 4.17. The lowest BCUT2D eigenvalue weighted by molar-refractivity contribution is 0.530. The van der Waals surface area contributed by atoms with Gasteiger partial charge >= 0.3 is 0 Å². The van der Waals surface area contributed by atoms with Crippen LogP contribution in [0.1, 0.15) is 11.6 Å². The van der Waals surface area contributed by atoms with Crippen molar-refractivity contribution in [1.82, 2.24) is 9.97 Å². The van der Waals surface area contributed by atoms with Crippen LogP contribution in [0.4, 0.5) is 4.39 Å². The number of aryl methyl sites for hydroxylation is 1. The predicted octanol–water partition coefficient (Wildman–Crippen LogP) is 4.54. The summed E-state index contributed by atoms with van der Waals surface area (Å²) in [6.45, 7) is 1.97. The molecule has 0 fully saturated rings.